The summed E-state index contributed by atoms with van der Waals surface area (Å²) in [6.45, 7) is 4.23. The zero-order valence-electron chi connectivity index (χ0n) is 9.26. The topological polar surface area (TPSA) is 52.0 Å². The maximum absolute atomic E-state index is 5.82. The van der Waals surface area contributed by atoms with Gasteiger partial charge in [-0.25, -0.2) is 0 Å². The van der Waals surface area contributed by atoms with E-state index < -0.39 is 0 Å². The first-order chi connectivity index (χ1) is 6.16. The highest BCUT2D eigenvalue weighted by Crippen LogP contribution is 2.08. The molecule has 0 saturated heterocycles. The maximum atomic E-state index is 5.82. The summed E-state index contributed by atoms with van der Waals surface area (Å²) < 4.78 is 0. The van der Waals surface area contributed by atoms with Gasteiger partial charge in [0.15, 0.2) is 0 Å². The number of hydrogen-bond donors (Lipinski definition) is 2. The normalized spacial score (nSPS) is 15.7. The lowest BCUT2D eigenvalue weighted by atomic mass is 10.0. The van der Waals surface area contributed by atoms with Crippen LogP contribution in [0.4, 0.5) is 0 Å². The number of unbranched alkanes of at least 4 members (excludes halogenated alkanes) is 3. The molecule has 0 aliphatic rings. The molecule has 0 heterocycles. The van der Waals surface area contributed by atoms with Crippen LogP contribution in [0.5, 0.6) is 0 Å². The van der Waals surface area contributed by atoms with Crippen molar-refractivity contribution in [2.75, 3.05) is 0 Å². The molecule has 80 valence electrons. The third-order valence-corrected chi connectivity index (χ3v) is 2.51. The standard InChI is InChI=1S/C11H26N2/c1-3-11(13)9-7-5-4-6-8-10(2)12/h10-11H,3-9,12-13H2,1-2H3. The smallest absolute Gasteiger partial charge is 0.00362 e. The summed E-state index contributed by atoms with van der Waals surface area (Å²) in [6.07, 6.45) is 8.67. The average molecular weight is 186 g/mol. The number of rotatable bonds is 8. The van der Waals surface area contributed by atoms with E-state index in [1.807, 2.05) is 0 Å². The minimum Gasteiger partial charge on any atom is -0.328 e. The van der Waals surface area contributed by atoms with Crippen molar-refractivity contribution in [1.82, 2.24) is 0 Å². The molecule has 0 spiro atoms. The molecule has 0 bridgehead atoms. The molecule has 0 aliphatic heterocycles. The van der Waals surface area contributed by atoms with Gasteiger partial charge in [-0.1, -0.05) is 32.6 Å². The van der Waals surface area contributed by atoms with Crippen molar-refractivity contribution < 1.29 is 0 Å². The Kier molecular flexibility index (Phi) is 8.46. The van der Waals surface area contributed by atoms with Gasteiger partial charge in [0.05, 0.1) is 0 Å². The van der Waals surface area contributed by atoms with Gasteiger partial charge < -0.3 is 11.5 Å². The molecule has 2 heteroatoms. The van der Waals surface area contributed by atoms with Crippen LogP contribution in [0.3, 0.4) is 0 Å². The van der Waals surface area contributed by atoms with Gasteiger partial charge in [0, 0.05) is 12.1 Å². The van der Waals surface area contributed by atoms with E-state index in [2.05, 4.69) is 13.8 Å². The van der Waals surface area contributed by atoms with Gasteiger partial charge in [0.25, 0.3) is 0 Å². The van der Waals surface area contributed by atoms with E-state index in [4.69, 9.17) is 11.5 Å². The molecule has 4 N–H and O–H groups in total. The Balaban J connectivity index is 2.99. The van der Waals surface area contributed by atoms with Crippen molar-refractivity contribution in [2.45, 2.75) is 70.9 Å². The summed E-state index contributed by atoms with van der Waals surface area (Å²) >= 11 is 0. The van der Waals surface area contributed by atoms with E-state index in [0.717, 1.165) is 6.42 Å². The van der Waals surface area contributed by atoms with Crippen LogP contribution in [0.25, 0.3) is 0 Å². The second-order valence-corrected chi connectivity index (χ2v) is 4.14. The summed E-state index contributed by atoms with van der Waals surface area (Å²) in [5, 5.41) is 0. The van der Waals surface area contributed by atoms with E-state index >= 15 is 0 Å². The molecule has 0 amide bonds. The molecule has 0 saturated carbocycles. The third kappa shape index (κ3) is 9.84. The van der Waals surface area contributed by atoms with Crippen LogP contribution in [-0.2, 0) is 0 Å². The summed E-state index contributed by atoms with van der Waals surface area (Å²) in [4.78, 5) is 0. The van der Waals surface area contributed by atoms with E-state index in [-0.39, 0.29) is 0 Å². The molecule has 2 unspecified atom stereocenters. The second kappa shape index (κ2) is 8.52. The molecule has 0 aromatic rings. The third-order valence-electron chi connectivity index (χ3n) is 2.51. The number of nitrogens with two attached hydrogens (primary N) is 2. The fraction of sp³-hybridized carbons (Fsp3) is 1.00. The zero-order valence-corrected chi connectivity index (χ0v) is 9.26. The Morgan fingerprint density at radius 3 is 1.92 bits per heavy atom. The highest BCUT2D eigenvalue weighted by Gasteiger charge is 1.98. The van der Waals surface area contributed by atoms with Crippen molar-refractivity contribution in [3.05, 3.63) is 0 Å². The molecule has 2 atom stereocenters. The average Bonchev–Trinajstić information content (AvgIpc) is 2.10. The van der Waals surface area contributed by atoms with E-state index in [9.17, 15) is 0 Å². The first-order valence-electron chi connectivity index (χ1n) is 5.68. The molecule has 0 aliphatic carbocycles. The summed E-state index contributed by atoms with van der Waals surface area (Å²) in [5.41, 5.74) is 11.5. The molecule has 0 aromatic heterocycles. The molecule has 0 aromatic carbocycles. The molecular weight excluding hydrogens is 160 g/mol. The highest BCUT2D eigenvalue weighted by molar-refractivity contribution is 4.59. The van der Waals surface area contributed by atoms with Crippen molar-refractivity contribution in [2.24, 2.45) is 11.5 Å². The minimum absolute atomic E-state index is 0.373. The van der Waals surface area contributed by atoms with Crippen LogP contribution in [0.2, 0.25) is 0 Å². The monoisotopic (exact) mass is 186 g/mol. The molecular formula is C11H26N2. The maximum Gasteiger partial charge on any atom is 0.00362 e. The van der Waals surface area contributed by atoms with Crippen LogP contribution in [0.15, 0.2) is 0 Å². The van der Waals surface area contributed by atoms with Crippen LogP contribution in [0, 0.1) is 0 Å². The van der Waals surface area contributed by atoms with Crippen molar-refractivity contribution in [3.63, 3.8) is 0 Å². The molecule has 0 fully saturated rings. The van der Waals surface area contributed by atoms with E-state index in [1.54, 1.807) is 0 Å². The SMILES string of the molecule is CCC(N)CCCCCCC(C)N. The van der Waals surface area contributed by atoms with Crippen molar-refractivity contribution in [1.29, 1.82) is 0 Å². The van der Waals surface area contributed by atoms with E-state index in [0.29, 0.717) is 12.1 Å². The zero-order chi connectivity index (χ0) is 10.1. The van der Waals surface area contributed by atoms with Crippen molar-refractivity contribution in [3.8, 4) is 0 Å². The summed E-state index contributed by atoms with van der Waals surface area (Å²) in [7, 11) is 0. The molecule has 13 heavy (non-hydrogen) atoms. The fourth-order valence-electron chi connectivity index (χ4n) is 1.43. The predicted molar refractivity (Wildman–Crippen MR) is 59.6 cm³/mol. The van der Waals surface area contributed by atoms with Crippen LogP contribution < -0.4 is 11.5 Å². The Bertz CT molecular complexity index is 102. The minimum atomic E-state index is 0.373. The lowest BCUT2D eigenvalue weighted by Gasteiger charge is -2.08. The fourth-order valence-corrected chi connectivity index (χ4v) is 1.43. The van der Waals surface area contributed by atoms with Gasteiger partial charge in [-0.3, -0.25) is 0 Å². The molecule has 2 nitrogen and oxygen atoms in total. The van der Waals surface area contributed by atoms with Gasteiger partial charge >= 0.3 is 0 Å². The van der Waals surface area contributed by atoms with Crippen molar-refractivity contribution >= 4 is 0 Å². The Labute approximate surface area is 83.1 Å². The van der Waals surface area contributed by atoms with Crippen LogP contribution in [-0.4, -0.2) is 12.1 Å². The lowest BCUT2D eigenvalue weighted by molar-refractivity contribution is 0.515. The predicted octanol–water partition coefficient (Wildman–Crippen LogP) is 2.41. The number of hydrogen-bond acceptors (Lipinski definition) is 2. The molecule has 0 rings (SSSR count). The summed E-state index contributed by atoms with van der Waals surface area (Å²) in [6, 6.07) is 0.798. The lowest BCUT2D eigenvalue weighted by Crippen LogP contribution is -2.17. The highest BCUT2D eigenvalue weighted by atomic mass is 14.6. The van der Waals surface area contributed by atoms with E-state index in [1.165, 1.54) is 38.5 Å². The second-order valence-electron chi connectivity index (χ2n) is 4.14. The first-order valence-corrected chi connectivity index (χ1v) is 5.68. The van der Waals surface area contributed by atoms with Gasteiger partial charge in [0.1, 0.15) is 0 Å². The Morgan fingerprint density at radius 1 is 0.923 bits per heavy atom. The molecule has 0 radical (unpaired) electrons. The quantitative estimate of drug-likeness (QED) is 0.572. The Hall–Kier alpha value is -0.0800. The van der Waals surface area contributed by atoms with Crippen LogP contribution >= 0.6 is 0 Å². The first kappa shape index (κ1) is 12.9. The van der Waals surface area contributed by atoms with Gasteiger partial charge in [-0.05, 0) is 26.2 Å². The van der Waals surface area contributed by atoms with Gasteiger partial charge in [-0.15, -0.1) is 0 Å². The van der Waals surface area contributed by atoms with Gasteiger partial charge in [0.2, 0.25) is 0 Å². The van der Waals surface area contributed by atoms with Crippen LogP contribution in [0.1, 0.15) is 58.8 Å². The summed E-state index contributed by atoms with van der Waals surface area (Å²) in [5.74, 6) is 0. The van der Waals surface area contributed by atoms with Gasteiger partial charge in [-0.2, -0.15) is 0 Å². The Morgan fingerprint density at radius 2 is 1.46 bits per heavy atom. The largest absolute Gasteiger partial charge is 0.328 e.